The quantitative estimate of drug-likeness (QED) is 0.481. The maximum Gasteiger partial charge on any atom is -0.0173 e. The van der Waals surface area contributed by atoms with Gasteiger partial charge in [0.25, 0.3) is 0 Å². The Morgan fingerprint density at radius 2 is 1.36 bits per heavy atom. The molecule has 2 aliphatic rings. The van der Waals surface area contributed by atoms with Gasteiger partial charge in [0.2, 0.25) is 0 Å². The molecule has 22 heavy (non-hydrogen) atoms. The highest BCUT2D eigenvalue weighted by Gasteiger charge is 2.17. The summed E-state index contributed by atoms with van der Waals surface area (Å²) in [4.78, 5) is 0. The van der Waals surface area contributed by atoms with E-state index in [-0.39, 0.29) is 0 Å². The molecule has 120 valence electrons. The van der Waals surface area contributed by atoms with Crippen LogP contribution < -0.4 is 0 Å². The van der Waals surface area contributed by atoms with Crippen LogP contribution in [0.25, 0.3) is 5.57 Å². The van der Waals surface area contributed by atoms with Gasteiger partial charge >= 0.3 is 0 Å². The van der Waals surface area contributed by atoms with E-state index in [0.29, 0.717) is 5.41 Å². The summed E-state index contributed by atoms with van der Waals surface area (Å²) in [6.45, 7) is 6.93. The zero-order valence-corrected chi connectivity index (χ0v) is 14.7. The molecule has 0 nitrogen and oxygen atoms in total. The van der Waals surface area contributed by atoms with Gasteiger partial charge < -0.3 is 0 Å². The van der Waals surface area contributed by atoms with Crippen LogP contribution in [-0.4, -0.2) is 0 Å². The van der Waals surface area contributed by atoms with E-state index >= 15 is 0 Å². The Bertz CT molecular complexity index is 497. The van der Waals surface area contributed by atoms with Gasteiger partial charge in [-0.25, -0.2) is 0 Å². The van der Waals surface area contributed by atoms with Crippen LogP contribution in [-0.2, 0) is 0 Å². The van der Waals surface area contributed by atoms with Crippen LogP contribution in [0.1, 0.15) is 77.7 Å². The van der Waals surface area contributed by atoms with Gasteiger partial charge in [-0.1, -0.05) is 68.8 Å². The predicted octanol–water partition coefficient (Wildman–Crippen LogP) is 7.18. The minimum atomic E-state index is 0.431. The van der Waals surface area contributed by atoms with Crippen molar-refractivity contribution in [2.75, 3.05) is 0 Å². The summed E-state index contributed by atoms with van der Waals surface area (Å²) in [7, 11) is 0. The lowest BCUT2D eigenvalue weighted by molar-refractivity contribution is 0.460. The summed E-state index contributed by atoms with van der Waals surface area (Å²) in [6, 6.07) is 10.7. The lowest BCUT2D eigenvalue weighted by Gasteiger charge is -2.25. The Hall–Kier alpha value is -1.30. The summed E-state index contributed by atoms with van der Waals surface area (Å²) in [5.74, 6) is 0. The molecule has 1 aromatic rings. The van der Waals surface area contributed by atoms with E-state index in [1.807, 2.05) is 0 Å². The molecular formula is C22H32. The van der Waals surface area contributed by atoms with Gasteiger partial charge in [-0.3, -0.25) is 0 Å². The van der Waals surface area contributed by atoms with Crippen LogP contribution in [0.3, 0.4) is 0 Å². The molecule has 0 unspecified atom stereocenters. The standard InChI is InChI=1S/C12H14.C10H18/c1-3-7-11(8-4-1)12-9-5-2-6-10-12;1-10(2,3)9-7-5-4-6-8-9/h1,3-4,7-9H,2,5-6,10H2;7H,4-6,8H2,1-3H3. The summed E-state index contributed by atoms with van der Waals surface area (Å²) in [5.41, 5.74) is 5.05. The first-order valence-corrected chi connectivity index (χ1v) is 9.01. The lowest BCUT2D eigenvalue weighted by atomic mass is 9.80. The van der Waals surface area contributed by atoms with Crippen LogP contribution in [0.2, 0.25) is 0 Å². The highest BCUT2D eigenvalue weighted by molar-refractivity contribution is 5.65. The normalized spacial score (nSPS) is 18.7. The average Bonchev–Trinajstić information content (AvgIpc) is 2.57. The number of hydrogen-bond acceptors (Lipinski definition) is 0. The zero-order valence-electron chi connectivity index (χ0n) is 14.7. The molecular weight excluding hydrogens is 264 g/mol. The molecule has 0 aromatic heterocycles. The minimum Gasteiger partial charge on any atom is -0.0848 e. The van der Waals surface area contributed by atoms with Crippen LogP contribution in [0, 0.1) is 5.41 Å². The summed E-state index contributed by atoms with van der Waals surface area (Å²) >= 11 is 0. The molecule has 0 spiro atoms. The Morgan fingerprint density at radius 3 is 1.82 bits per heavy atom. The molecule has 0 N–H and O–H groups in total. The maximum absolute atomic E-state index is 2.43. The molecule has 3 rings (SSSR count). The fourth-order valence-electron chi connectivity index (χ4n) is 3.27. The number of hydrogen-bond donors (Lipinski definition) is 0. The van der Waals surface area contributed by atoms with Crippen molar-refractivity contribution in [1.29, 1.82) is 0 Å². The van der Waals surface area contributed by atoms with E-state index in [1.54, 1.807) is 11.1 Å². The third kappa shape index (κ3) is 5.48. The monoisotopic (exact) mass is 296 g/mol. The molecule has 0 atom stereocenters. The highest BCUT2D eigenvalue weighted by Crippen LogP contribution is 2.32. The molecule has 0 heteroatoms. The van der Waals surface area contributed by atoms with E-state index < -0.39 is 0 Å². The lowest BCUT2D eigenvalue weighted by Crippen LogP contribution is -2.11. The van der Waals surface area contributed by atoms with E-state index in [1.165, 1.54) is 56.9 Å². The number of benzene rings is 1. The first kappa shape index (κ1) is 17.1. The fraction of sp³-hybridized carbons (Fsp3) is 0.545. The summed E-state index contributed by atoms with van der Waals surface area (Å²) in [5, 5.41) is 0. The second-order valence-corrected chi connectivity index (χ2v) is 7.57. The fourth-order valence-corrected chi connectivity index (χ4v) is 3.27. The van der Waals surface area contributed by atoms with Crippen LogP contribution >= 0.6 is 0 Å². The minimum absolute atomic E-state index is 0.431. The van der Waals surface area contributed by atoms with Crippen molar-refractivity contribution < 1.29 is 0 Å². The third-order valence-corrected chi connectivity index (χ3v) is 4.69. The van der Waals surface area contributed by atoms with E-state index in [2.05, 4.69) is 63.3 Å². The van der Waals surface area contributed by atoms with Crippen molar-refractivity contribution >= 4 is 5.57 Å². The average molecular weight is 296 g/mol. The Kier molecular flexibility index (Phi) is 6.49. The molecule has 1 aromatic carbocycles. The largest absolute Gasteiger partial charge is 0.0848 e. The van der Waals surface area contributed by atoms with Gasteiger partial charge in [-0.05, 0) is 67.9 Å². The molecule has 0 saturated heterocycles. The van der Waals surface area contributed by atoms with Crippen molar-refractivity contribution in [1.82, 2.24) is 0 Å². The SMILES string of the molecule is C1=C(c2ccccc2)CCCC1.CC(C)(C)C1=CCCCC1. The van der Waals surface area contributed by atoms with Crippen LogP contribution in [0.4, 0.5) is 0 Å². The summed E-state index contributed by atoms with van der Waals surface area (Å²) < 4.78 is 0. The van der Waals surface area contributed by atoms with Crippen molar-refractivity contribution in [2.45, 2.75) is 72.1 Å². The van der Waals surface area contributed by atoms with Crippen molar-refractivity contribution in [3.8, 4) is 0 Å². The number of allylic oxidation sites excluding steroid dienone is 4. The smallest absolute Gasteiger partial charge is 0.0173 e. The van der Waals surface area contributed by atoms with E-state index in [0.717, 1.165) is 0 Å². The molecule has 0 saturated carbocycles. The van der Waals surface area contributed by atoms with Crippen molar-refractivity contribution in [2.24, 2.45) is 5.41 Å². The molecule has 0 bridgehead atoms. The third-order valence-electron chi connectivity index (χ3n) is 4.69. The first-order chi connectivity index (χ1) is 10.6. The van der Waals surface area contributed by atoms with Crippen molar-refractivity contribution in [3.05, 3.63) is 53.6 Å². The van der Waals surface area contributed by atoms with Gasteiger partial charge in [-0.15, -0.1) is 0 Å². The molecule has 0 radical (unpaired) electrons. The van der Waals surface area contributed by atoms with Gasteiger partial charge in [0, 0.05) is 0 Å². The molecule has 0 heterocycles. The number of rotatable bonds is 1. The topological polar surface area (TPSA) is 0 Å². The Morgan fingerprint density at radius 1 is 0.727 bits per heavy atom. The second-order valence-electron chi connectivity index (χ2n) is 7.57. The predicted molar refractivity (Wildman–Crippen MR) is 98.9 cm³/mol. The second kappa shape index (κ2) is 8.36. The Labute approximate surface area is 137 Å². The van der Waals surface area contributed by atoms with E-state index in [9.17, 15) is 0 Å². The van der Waals surface area contributed by atoms with Crippen LogP contribution in [0.15, 0.2) is 48.1 Å². The molecule has 2 aliphatic carbocycles. The van der Waals surface area contributed by atoms with Gasteiger partial charge in [0.1, 0.15) is 0 Å². The highest BCUT2D eigenvalue weighted by atomic mass is 14.2. The van der Waals surface area contributed by atoms with Crippen molar-refractivity contribution in [3.63, 3.8) is 0 Å². The Balaban J connectivity index is 0.000000164. The maximum atomic E-state index is 2.43. The van der Waals surface area contributed by atoms with Crippen LogP contribution in [0.5, 0.6) is 0 Å². The van der Waals surface area contributed by atoms with E-state index in [4.69, 9.17) is 0 Å². The summed E-state index contributed by atoms with van der Waals surface area (Å²) in [6.07, 6.45) is 15.5. The van der Waals surface area contributed by atoms with Gasteiger partial charge in [-0.2, -0.15) is 0 Å². The first-order valence-electron chi connectivity index (χ1n) is 9.01. The molecule has 0 aliphatic heterocycles. The zero-order chi connectivity index (χ0) is 15.8. The molecule has 0 amide bonds. The van der Waals surface area contributed by atoms with Gasteiger partial charge in [0.15, 0.2) is 0 Å². The van der Waals surface area contributed by atoms with Gasteiger partial charge in [0.05, 0.1) is 0 Å². The molecule has 0 fully saturated rings.